The molecule has 0 amide bonds. The summed E-state index contributed by atoms with van der Waals surface area (Å²) in [4.78, 5) is 0. The molecular weight excluding hydrogens is 256 g/mol. The van der Waals surface area contributed by atoms with Gasteiger partial charge in [-0.15, -0.1) is 5.10 Å². The van der Waals surface area contributed by atoms with Crippen molar-refractivity contribution in [2.75, 3.05) is 19.8 Å². The van der Waals surface area contributed by atoms with Crippen LogP contribution in [0.3, 0.4) is 0 Å². The molecule has 1 aliphatic rings. The van der Waals surface area contributed by atoms with Gasteiger partial charge < -0.3 is 14.8 Å². The highest BCUT2D eigenvalue weighted by molar-refractivity contribution is 4.92. The Morgan fingerprint density at radius 2 is 2.35 bits per heavy atom. The molecule has 20 heavy (non-hydrogen) atoms. The zero-order valence-corrected chi connectivity index (χ0v) is 12.8. The molecule has 1 unspecified atom stereocenters. The van der Waals surface area contributed by atoms with Crippen molar-refractivity contribution in [2.24, 2.45) is 0 Å². The fourth-order valence-electron chi connectivity index (χ4n) is 2.03. The topological polar surface area (TPSA) is 61.2 Å². The Labute approximate surface area is 120 Å². The molecule has 1 atom stereocenters. The third-order valence-electron chi connectivity index (χ3n) is 3.18. The summed E-state index contributed by atoms with van der Waals surface area (Å²) < 4.78 is 12.9. The van der Waals surface area contributed by atoms with Crippen LogP contribution in [0.1, 0.15) is 39.3 Å². The van der Waals surface area contributed by atoms with Crippen molar-refractivity contribution in [1.29, 1.82) is 0 Å². The first-order valence-corrected chi connectivity index (χ1v) is 7.36. The van der Waals surface area contributed by atoms with Gasteiger partial charge in [-0.2, -0.15) is 0 Å². The van der Waals surface area contributed by atoms with Gasteiger partial charge in [-0.3, -0.25) is 0 Å². The summed E-state index contributed by atoms with van der Waals surface area (Å²) >= 11 is 0. The lowest BCUT2D eigenvalue weighted by Crippen LogP contribution is -2.35. The Morgan fingerprint density at radius 3 is 3.05 bits per heavy atom. The second-order valence-electron chi connectivity index (χ2n) is 6.29. The maximum absolute atomic E-state index is 5.62. The Kier molecular flexibility index (Phi) is 5.51. The molecule has 1 aromatic rings. The Bertz CT molecular complexity index is 394. The van der Waals surface area contributed by atoms with Gasteiger partial charge >= 0.3 is 0 Å². The maximum atomic E-state index is 5.62. The fraction of sp³-hybridized carbons (Fsp3) is 0.857. The van der Waals surface area contributed by atoms with Crippen LogP contribution in [0.15, 0.2) is 6.20 Å². The first-order valence-electron chi connectivity index (χ1n) is 7.36. The summed E-state index contributed by atoms with van der Waals surface area (Å²) in [7, 11) is 0. The fourth-order valence-corrected chi connectivity index (χ4v) is 2.03. The SMILES string of the molecule is CC(C)(C)NCc1cn(CCOCC2CCCO2)nn1. The van der Waals surface area contributed by atoms with Crippen molar-refractivity contribution in [3.63, 3.8) is 0 Å². The van der Waals surface area contributed by atoms with Gasteiger partial charge in [0.2, 0.25) is 0 Å². The highest BCUT2D eigenvalue weighted by atomic mass is 16.5. The molecule has 2 heterocycles. The molecule has 0 spiro atoms. The third-order valence-corrected chi connectivity index (χ3v) is 3.18. The van der Waals surface area contributed by atoms with Crippen LogP contribution < -0.4 is 5.32 Å². The molecule has 1 aliphatic heterocycles. The first kappa shape index (κ1) is 15.4. The van der Waals surface area contributed by atoms with Crippen molar-refractivity contribution in [3.05, 3.63) is 11.9 Å². The molecule has 0 radical (unpaired) electrons. The number of hydrogen-bond acceptors (Lipinski definition) is 5. The van der Waals surface area contributed by atoms with Crippen LogP contribution in [-0.2, 0) is 22.6 Å². The summed E-state index contributed by atoms with van der Waals surface area (Å²) in [6.45, 7) is 10.1. The summed E-state index contributed by atoms with van der Waals surface area (Å²) in [5.74, 6) is 0. The maximum Gasteiger partial charge on any atom is 0.0965 e. The number of rotatable bonds is 7. The largest absolute Gasteiger partial charge is 0.377 e. The van der Waals surface area contributed by atoms with E-state index in [0.29, 0.717) is 13.2 Å². The molecule has 1 aromatic heterocycles. The first-order chi connectivity index (χ1) is 9.53. The zero-order valence-electron chi connectivity index (χ0n) is 12.8. The van der Waals surface area contributed by atoms with Gasteiger partial charge in [0, 0.05) is 24.9 Å². The molecule has 1 saturated heterocycles. The number of hydrogen-bond donors (Lipinski definition) is 1. The van der Waals surface area contributed by atoms with Crippen LogP contribution in [0.5, 0.6) is 0 Å². The number of ether oxygens (including phenoxy) is 2. The second kappa shape index (κ2) is 7.15. The Hall–Kier alpha value is -0.980. The molecule has 0 aromatic carbocycles. The van der Waals surface area contributed by atoms with E-state index in [9.17, 15) is 0 Å². The van der Waals surface area contributed by atoms with E-state index >= 15 is 0 Å². The molecule has 0 aliphatic carbocycles. The minimum Gasteiger partial charge on any atom is -0.377 e. The average Bonchev–Trinajstić information content (AvgIpc) is 3.03. The lowest BCUT2D eigenvalue weighted by atomic mass is 10.1. The van der Waals surface area contributed by atoms with E-state index < -0.39 is 0 Å². The van der Waals surface area contributed by atoms with Crippen LogP contribution in [0.25, 0.3) is 0 Å². The molecule has 0 bridgehead atoms. The summed E-state index contributed by atoms with van der Waals surface area (Å²) in [6, 6.07) is 0. The van der Waals surface area contributed by atoms with Crippen LogP contribution in [-0.4, -0.2) is 46.5 Å². The van der Waals surface area contributed by atoms with Gasteiger partial charge in [0.05, 0.1) is 31.6 Å². The van der Waals surface area contributed by atoms with Crippen LogP contribution in [0, 0.1) is 0 Å². The van der Waals surface area contributed by atoms with Crippen molar-refractivity contribution in [3.8, 4) is 0 Å². The van der Waals surface area contributed by atoms with E-state index in [2.05, 4.69) is 36.4 Å². The van der Waals surface area contributed by atoms with Gasteiger partial charge in [-0.1, -0.05) is 5.21 Å². The predicted molar refractivity (Wildman–Crippen MR) is 76.4 cm³/mol. The van der Waals surface area contributed by atoms with E-state index in [0.717, 1.165) is 38.2 Å². The van der Waals surface area contributed by atoms with Gasteiger partial charge in [0.15, 0.2) is 0 Å². The van der Waals surface area contributed by atoms with Gasteiger partial charge in [0.1, 0.15) is 0 Å². The minimum absolute atomic E-state index is 0.0914. The molecule has 114 valence electrons. The molecule has 6 nitrogen and oxygen atoms in total. The van der Waals surface area contributed by atoms with E-state index in [1.165, 1.54) is 0 Å². The third kappa shape index (κ3) is 5.56. The second-order valence-corrected chi connectivity index (χ2v) is 6.29. The average molecular weight is 282 g/mol. The number of aromatic nitrogens is 3. The molecule has 2 rings (SSSR count). The van der Waals surface area contributed by atoms with Crippen molar-refractivity contribution in [1.82, 2.24) is 20.3 Å². The van der Waals surface area contributed by atoms with Gasteiger partial charge in [0.25, 0.3) is 0 Å². The monoisotopic (exact) mass is 282 g/mol. The van der Waals surface area contributed by atoms with Crippen molar-refractivity contribution >= 4 is 0 Å². The smallest absolute Gasteiger partial charge is 0.0965 e. The molecule has 1 N–H and O–H groups in total. The lowest BCUT2D eigenvalue weighted by Gasteiger charge is -2.19. The van der Waals surface area contributed by atoms with Crippen molar-refractivity contribution < 1.29 is 9.47 Å². The standard InChI is InChI=1S/C14H26N4O2/c1-14(2,3)15-9-12-10-18(17-16-12)6-8-19-11-13-5-4-7-20-13/h10,13,15H,4-9,11H2,1-3H3. The summed E-state index contributed by atoms with van der Waals surface area (Å²) in [5, 5.41) is 11.6. The Balaban J connectivity index is 1.62. The van der Waals surface area contributed by atoms with E-state index in [1.807, 2.05) is 10.9 Å². The van der Waals surface area contributed by atoms with Gasteiger partial charge in [-0.05, 0) is 33.6 Å². The van der Waals surface area contributed by atoms with Crippen LogP contribution >= 0.6 is 0 Å². The van der Waals surface area contributed by atoms with Crippen LogP contribution in [0.4, 0.5) is 0 Å². The number of nitrogens with one attached hydrogen (secondary N) is 1. The van der Waals surface area contributed by atoms with E-state index in [4.69, 9.17) is 9.47 Å². The predicted octanol–water partition coefficient (Wildman–Crippen LogP) is 1.36. The lowest BCUT2D eigenvalue weighted by molar-refractivity contribution is 0.0141. The molecule has 1 fully saturated rings. The normalized spacial score (nSPS) is 19.6. The summed E-state index contributed by atoms with van der Waals surface area (Å²) in [6.07, 6.45) is 4.53. The Morgan fingerprint density at radius 1 is 1.50 bits per heavy atom. The highest BCUT2D eigenvalue weighted by Gasteiger charge is 2.15. The zero-order chi connectivity index (χ0) is 14.4. The minimum atomic E-state index is 0.0914. The van der Waals surface area contributed by atoms with E-state index in [1.54, 1.807) is 0 Å². The molecular formula is C14H26N4O2. The number of nitrogens with zero attached hydrogens (tertiary/aromatic N) is 3. The van der Waals surface area contributed by atoms with Crippen LogP contribution in [0.2, 0.25) is 0 Å². The molecule has 6 heteroatoms. The summed E-state index contributed by atoms with van der Waals surface area (Å²) in [5.41, 5.74) is 1.05. The highest BCUT2D eigenvalue weighted by Crippen LogP contribution is 2.11. The van der Waals surface area contributed by atoms with E-state index in [-0.39, 0.29) is 11.6 Å². The van der Waals surface area contributed by atoms with Gasteiger partial charge in [-0.25, -0.2) is 4.68 Å². The van der Waals surface area contributed by atoms with Crippen molar-refractivity contribution in [2.45, 2.75) is 58.3 Å². The molecule has 0 saturated carbocycles. The quantitative estimate of drug-likeness (QED) is 0.765.